The van der Waals surface area contributed by atoms with E-state index >= 15 is 0 Å². The van der Waals surface area contributed by atoms with Crippen molar-refractivity contribution >= 4 is 5.97 Å². The second kappa shape index (κ2) is 5.77. The number of nitrogens with zero attached hydrogens (tertiary/aromatic N) is 4. The maximum atomic E-state index is 12.1. The molecular weight excluding hydrogens is 280 g/mol. The zero-order valence-electron chi connectivity index (χ0n) is 12.2. The number of aromatic nitrogens is 4. The summed E-state index contributed by atoms with van der Waals surface area (Å²) in [7, 11) is 1.76. The number of rotatable bonds is 3. The molecule has 1 heterocycles. The molecule has 0 aliphatic heterocycles. The number of ether oxygens (including phenoxy) is 1. The molecule has 0 bridgehead atoms. The van der Waals surface area contributed by atoms with Crippen molar-refractivity contribution in [3.63, 3.8) is 0 Å². The van der Waals surface area contributed by atoms with E-state index in [1.165, 1.54) is 0 Å². The lowest BCUT2D eigenvalue weighted by atomic mass is 10.1. The molecule has 3 rings (SSSR count). The van der Waals surface area contributed by atoms with Gasteiger partial charge in [0.05, 0.1) is 5.56 Å². The van der Waals surface area contributed by atoms with Gasteiger partial charge in [-0.25, -0.2) is 9.48 Å². The van der Waals surface area contributed by atoms with E-state index in [0.717, 1.165) is 11.1 Å². The van der Waals surface area contributed by atoms with Crippen molar-refractivity contribution in [1.29, 1.82) is 0 Å². The summed E-state index contributed by atoms with van der Waals surface area (Å²) >= 11 is 0. The van der Waals surface area contributed by atoms with E-state index in [1.54, 1.807) is 48.1 Å². The molecule has 1 aromatic heterocycles. The van der Waals surface area contributed by atoms with Crippen LogP contribution in [0.3, 0.4) is 0 Å². The van der Waals surface area contributed by atoms with Gasteiger partial charge in [-0.1, -0.05) is 29.8 Å². The van der Waals surface area contributed by atoms with Gasteiger partial charge in [0.15, 0.2) is 5.82 Å². The first kappa shape index (κ1) is 13.9. The lowest BCUT2D eigenvalue weighted by molar-refractivity contribution is 0.0735. The van der Waals surface area contributed by atoms with E-state index in [0.29, 0.717) is 17.1 Å². The van der Waals surface area contributed by atoms with E-state index in [-0.39, 0.29) is 0 Å². The minimum atomic E-state index is -0.397. The summed E-state index contributed by atoms with van der Waals surface area (Å²) in [5.41, 5.74) is 2.42. The Kier molecular flexibility index (Phi) is 3.65. The zero-order chi connectivity index (χ0) is 15.5. The topological polar surface area (TPSA) is 69.9 Å². The second-order valence-corrected chi connectivity index (χ2v) is 4.91. The van der Waals surface area contributed by atoms with Gasteiger partial charge in [0, 0.05) is 12.6 Å². The maximum Gasteiger partial charge on any atom is 0.343 e. The molecule has 0 saturated carbocycles. The molecule has 0 aliphatic rings. The van der Waals surface area contributed by atoms with Crippen LogP contribution in [0.25, 0.3) is 11.4 Å². The van der Waals surface area contributed by atoms with Gasteiger partial charge in [-0.05, 0) is 41.6 Å². The number of carbonyl (C=O) groups excluding carboxylic acids is 1. The number of benzene rings is 2. The van der Waals surface area contributed by atoms with Crippen LogP contribution >= 0.6 is 0 Å². The number of esters is 1. The molecule has 3 aromatic rings. The van der Waals surface area contributed by atoms with Gasteiger partial charge >= 0.3 is 5.97 Å². The summed E-state index contributed by atoms with van der Waals surface area (Å²) in [6, 6.07) is 14.3. The Morgan fingerprint density at radius 1 is 1.05 bits per heavy atom. The molecule has 2 aromatic carbocycles. The van der Waals surface area contributed by atoms with Crippen molar-refractivity contribution in [2.24, 2.45) is 7.05 Å². The van der Waals surface area contributed by atoms with Gasteiger partial charge in [-0.3, -0.25) is 0 Å². The summed E-state index contributed by atoms with van der Waals surface area (Å²) in [6.45, 7) is 1.98. The molecule has 0 saturated heterocycles. The molecular formula is C16H14N4O2. The molecule has 110 valence electrons. The molecule has 0 aliphatic carbocycles. The minimum Gasteiger partial charge on any atom is -0.423 e. The summed E-state index contributed by atoms with van der Waals surface area (Å²) in [4.78, 5) is 12.1. The van der Waals surface area contributed by atoms with Crippen LogP contribution in [0.5, 0.6) is 5.75 Å². The smallest absolute Gasteiger partial charge is 0.343 e. The third-order valence-electron chi connectivity index (χ3n) is 3.23. The quantitative estimate of drug-likeness (QED) is 0.548. The SMILES string of the molecule is Cc1ccc(OC(=O)c2ccc(-c3nnnn3C)cc2)cc1. The van der Waals surface area contributed by atoms with Crippen LogP contribution in [0, 0.1) is 6.92 Å². The highest BCUT2D eigenvalue weighted by Crippen LogP contribution is 2.18. The average Bonchev–Trinajstić information content (AvgIpc) is 2.96. The van der Waals surface area contributed by atoms with E-state index in [4.69, 9.17) is 4.74 Å². The predicted molar refractivity (Wildman–Crippen MR) is 80.4 cm³/mol. The van der Waals surface area contributed by atoms with Crippen LogP contribution in [-0.2, 0) is 7.05 Å². The Morgan fingerprint density at radius 2 is 1.73 bits per heavy atom. The molecule has 6 nitrogen and oxygen atoms in total. The van der Waals surface area contributed by atoms with E-state index in [9.17, 15) is 4.79 Å². The number of hydrogen-bond donors (Lipinski definition) is 0. The van der Waals surface area contributed by atoms with Crippen LogP contribution in [0.4, 0.5) is 0 Å². The third kappa shape index (κ3) is 2.85. The number of hydrogen-bond acceptors (Lipinski definition) is 5. The first-order valence-corrected chi connectivity index (χ1v) is 6.75. The lowest BCUT2D eigenvalue weighted by Crippen LogP contribution is -2.08. The van der Waals surface area contributed by atoms with E-state index in [2.05, 4.69) is 15.5 Å². The van der Waals surface area contributed by atoms with Gasteiger partial charge in [-0.15, -0.1) is 5.10 Å². The van der Waals surface area contributed by atoms with Gasteiger partial charge < -0.3 is 4.74 Å². The Labute approximate surface area is 127 Å². The van der Waals surface area contributed by atoms with Crippen molar-refractivity contribution in [2.45, 2.75) is 6.92 Å². The van der Waals surface area contributed by atoms with Crippen LogP contribution < -0.4 is 4.74 Å². The van der Waals surface area contributed by atoms with E-state index in [1.807, 2.05) is 19.1 Å². The van der Waals surface area contributed by atoms with Gasteiger partial charge in [0.2, 0.25) is 0 Å². The van der Waals surface area contributed by atoms with Crippen LogP contribution in [0.2, 0.25) is 0 Å². The Morgan fingerprint density at radius 3 is 2.32 bits per heavy atom. The van der Waals surface area contributed by atoms with Crippen molar-refractivity contribution in [3.8, 4) is 17.1 Å². The normalized spacial score (nSPS) is 10.5. The largest absolute Gasteiger partial charge is 0.423 e. The summed E-state index contributed by atoms with van der Waals surface area (Å²) < 4.78 is 6.89. The molecule has 22 heavy (non-hydrogen) atoms. The fourth-order valence-corrected chi connectivity index (χ4v) is 2.00. The third-order valence-corrected chi connectivity index (χ3v) is 3.23. The fourth-order valence-electron chi connectivity index (χ4n) is 2.00. The number of carbonyl (C=O) groups is 1. The van der Waals surface area contributed by atoms with Crippen molar-refractivity contribution in [1.82, 2.24) is 20.2 Å². The Bertz CT molecular complexity index is 792. The molecule has 0 fully saturated rings. The minimum absolute atomic E-state index is 0.397. The first-order valence-electron chi connectivity index (χ1n) is 6.75. The second-order valence-electron chi connectivity index (χ2n) is 4.91. The highest BCUT2D eigenvalue weighted by molar-refractivity contribution is 5.91. The summed E-state index contributed by atoms with van der Waals surface area (Å²) in [5.74, 6) is 0.766. The number of tetrazole rings is 1. The average molecular weight is 294 g/mol. The lowest BCUT2D eigenvalue weighted by Gasteiger charge is -2.05. The maximum absolute atomic E-state index is 12.1. The molecule has 0 amide bonds. The predicted octanol–water partition coefficient (Wildman–Crippen LogP) is 2.40. The van der Waals surface area contributed by atoms with Crippen LogP contribution in [0.1, 0.15) is 15.9 Å². The highest BCUT2D eigenvalue weighted by atomic mass is 16.5. The van der Waals surface area contributed by atoms with Gasteiger partial charge in [0.25, 0.3) is 0 Å². The molecule has 0 N–H and O–H groups in total. The number of aryl methyl sites for hydroxylation is 2. The fraction of sp³-hybridized carbons (Fsp3) is 0.125. The highest BCUT2D eigenvalue weighted by Gasteiger charge is 2.10. The van der Waals surface area contributed by atoms with Gasteiger partial charge in [0.1, 0.15) is 5.75 Å². The van der Waals surface area contributed by atoms with Gasteiger partial charge in [-0.2, -0.15) is 0 Å². The molecule has 0 spiro atoms. The van der Waals surface area contributed by atoms with E-state index < -0.39 is 5.97 Å². The first-order chi connectivity index (χ1) is 10.6. The summed E-state index contributed by atoms with van der Waals surface area (Å²) in [6.07, 6.45) is 0. The monoisotopic (exact) mass is 294 g/mol. The summed E-state index contributed by atoms with van der Waals surface area (Å²) in [5, 5.41) is 11.3. The molecule has 6 heteroatoms. The van der Waals surface area contributed by atoms with Crippen molar-refractivity contribution < 1.29 is 9.53 Å². The Balaban J connectivity index is 1.76. The van der Waals surface area contributed by atoms with Crippen LogP contribution in [-0.4, -0.2) is 26.2 Å². The standard InChI is InChI=1S/C16H14N4O2/c1-11-3-9-14(10-4-11)22-16(21)13-7-5-12(6-8-13)15-17-18-19-20(15)2/h3-10H,1-2H3. The Hall–Kier alpha value is -3.02. The van der Waals surface area contributed by atoms with Crippen LogP contribution in [0.15, 0.2) is 48.5 Å². The molecule has 0 atom stereocenters. The molecule has 0 unspecified atom stereocenters. The zero-order valence-corrected chi connectivity index (χ0v) is 12.2. The van der Waals surface area contributed by atoms with Crippen molar-refractivity contribution in [3.05, 3.63) is 59.7 Å². The molecule has 0 radical (unpaired) electrons. The van der Waals surface area contributed by atoms with Crippen molar-refractivity contribution in [2.75, 3.05) is 0 Å².